The molecule has 0 radical (unpaired) electrons. The summed E-state index contributed by atoms with van der Waals surface area (Å²) in [5.41, 5.74) is 3.30. The fraction of sp³-hybridized carbons (Fsp3) is 0.368. The molecule has 0 aromatic heterocycles. The number of hydrogen-bond donors (Lipinski definition) is 1. The number of aryl methyl sites for hydroxylation is 1. The summed E-state index contributed by atoms with van der Waals surface area (Å²) in [5.74, 6) is 0.0381. The molecule has 0 saturated carbocycles. The summed E-state index contributed by atoms with van der Waals surface area (Å²) in [5, 5.41) is 3.44. The minimum atomic E-state index is -0.110. The van der Waals surface area contributed by atoms with E-state index in [1.807, 2.05) is 12.1 Å². The quantitative estimate of drug-likeness (QED) is 0.826. The van der Waals surface area contributed by atoms with E-state index in [0.29, 0.717) is 6.04 Å². The zero-order chi connectivity index (χ0) is 15.2. The fourth-order valence-electron chi connectivity index (χ4n) is 2.60. The Morgan fingerprint density at radius 1 is 1.05 bits per heavy atom. The van der Waals surface area contributed by atoms with Crippen LogP contribution in [-0.2, 0) is 6.42 Å². The van der Waals surface area contributed by atoms with Gasteiger partial charge in [0.15, 0.2) is 0 Å². The summed E-state index contributed by atoms with van der Waals surface area (Å²) in [6.07, 6.45) is 0.850. The molecule has 0 amide bonds. The van der Waals surface area contributed by atoms with Crippen LogP contribution in [-0.4, -0.2) is 12.6 Å². The van der Waals surface area contributed by atoms with Crippen molar-refractivity contribution in [3.8, 4) is 0 Å². The smallest absolute Gasteiger partial charge is 0.126 e. The molecule has 0 heterocycles. The summed E-state index contributed by atoms with van der Waals surface area (Å²) in [7, 11) is 0. The van der Waals surface area contributed by atoms with Crippen LogP contribution in [0.4, 0.5) is 4.39 Å². The van der Waals surface area contributed by atoms with E-state index in [1.54, 1.807) is 12.1 Å². The topological polar surface area (TPSA) is 12.0 Å². The molecule has 0 saturated heterocycles. The number of halogens is 1. The summed E-state index contributed by atoms with van der Waals surface area (Å²) in [6.45, 7) is 7.11. The third kappa shape index (κ3) is 4.68. The highest BCUT2D eigenvalue weighted by Gasteiger charge is 2.16. The first-order chi connectivity index (χ1) is 10.1. The number of nitrogens with one attached hydrogen (secondary N) is 1. The monoisotopic (exact) mass is 285 g/mol. The van der Waals surface area contributed by atoms with Crippen molar-refractivity contribution in [1.82, 2.24) is 5.32 Å². The van der Waals surface area contributed by atoms with E-state index in [-0.39, 0.29) is 11.7 Å². The van der Waals surface area contributed by atoms with Gasteiger partial charge in [-0.15, -0.1) is 0 Å². The van der Waals surface area contributed by atoms with Gasteiger partial charge in [0.05, 0.1) is 0 Å². The Bertz CT molecular complexity index is 577. The minimum absolute atomic E-state index is 0.110. The number of rotatable bonds is 6. The van der Waals surface area contributed by atoms with Gasteiger partial charge in [0.25, 0.3) is 0 Å². The first-order valence-electron chi connectivity index (χ1n) is 7.59. The number of hydrogen-bond acceptors (Lipinski definition) is 1. The van der Waals surface area contributed by atoms with Gasteiger partial charge in [-0.05, 0) is 30.5 Å². The Labute approximate surface area is 127 Å². The van der Waals surface area contributed by atoms with Gasteiger partial charge < -0.3 is 5.32 Å². The van der Waals surface area contributed by atoms with Gasteiger partial charge in [0.2, 0.25) is 0 Å². The van der Waals surface area contributed by atoms with Crippen molar-refractivity contribution in [3.63, 3.8) is 0 Å². The van der Waals surface area contributed by atoms with Gasteiger partial charge in [-0.2, -0.15) is 0 Å². The van der Waals surface area contributed by atoms with Crippen LogP contribution in [0.25, 0.3) is 0 Å². The molecule has 21 heavy (non-hydrogen) atoms. The zero-order valence-electron chi connectivity index (χ0n) is 13.1. The Balaban J connectivity index is 2.22. The van der Waals surface area contributed by atoms with Crippen LogP contribution in [0.5, 0.6) is 0 Å². The van der Waals surface area contributed by atoms with Crippen molar-refractivity contribution in [2.75, 3.05) is 6.54 Å². The minimum Gasteiger partial charge on any atom is -0.314 e. The average Bonchev–Trinajstić information content (AvgIpc) is 2.44. The molecule has 1 atom stereocenters. The van der Waals surface area contributed by atoms with Crippen LogP contribution in [0.15, 0.2) is 48.5 Å². The van der Waals surface area contributed by atoms with E-state index >= 15 is 0 Å². The maximum atomic E-state index is 14.1. The van der Waals surface area contributed by atoms with Crippen molar-refractivity contribution in [2.24, 2.45) is 0 Å². The molecule has 2 aromatic carbocycles. The van der Waals surface area contributed by atoms with Crippen molar-refractivity contribution in [3.05, 3.63) is 71.0 Å². The third-order valence-electron chi connectivity index (χ3n) is 3.68. The average molecular weight is 285 g/mol. The molecule has 2 aromatic rings. The lowest BCUT2D eigenvalue weighted by molar-refractivity contribution is 0.505. The largest absolute Gasteiger partial charge is 0.314 e. The van der Waals surface area contributed by atoms with Gasteiger partial charge in [0.1, 0.15) is 5.82 Å². The highest BCUT2D eigenvalue weighted by Crippen LogP contribution is 2.23. The third-order valence-corrected chi connectivity index (χ3v) is 3.68. The molecule has 1 unspecified atom stereocenters. The molecule has 0 fully saturated rings. The van der Waals surface area contributed by atoms with E-state index in [4.69, 9.17) is 0 Å². The van der Waals surface area contributed by atoms with Crippen molar-refractivity contribution >= 4 is 0 Å². The normalized spacial score (nSPS) is 12.6. The zero-order valence-corrected chi connectivity index (χ0v) is 13.1. The Morgan fingerprint density at radius 3 is 2.48 bits per heavy atom. The molecule has 0 aliphatic carbocycles. The Hall–Kier alpha value is -1.67. The lowest BCUT2D eigenvalue weighted by Gasteiger charge is -2.20. The molecule has 0 bridgehead atoms. The van der Waals surface area contributed by atoms with Crippen molar-refractivity contribution < 1.29 is 4.39 Å². The van der Waals surface area contributed by atoms with Crippen LogP contribution < -0.4 is 5.32 Å². The first-order valence-corrected chi connectivity index (χ1v) is 7.59. The SMILES string of the molecule is Cc1cccc(CC(CNC(C)C)c2ccccc2F)c1. The Morgan fingerprint density at radius 2 is 1.81 bits per heavy atom. The maximum absolute atomic E-state index is 14.1. The van der Waals surface area contributed by atoms with Gasteiger partial charge in [0, 0.05) is 18.5 Å². The summed E-state index contributed by atoms with van der Waals surface area (Å²) in [4.78, 5) is 0. The molecule has 2 rings (SSSR count). The summed E-state index contributed by atoms with van der Waals surface area (Å²) >= 11 is 0. The molecule has 0 aliphatic rings. The molecular weight excluding hydrogens is 261 g/mol. The van der Waals surface area contributed by atoms with Gasteiger partial charge in [-0.1, -0.05) is 61.9 Å². The van der Waals surface area contributed by atoms with Crippen molar-refractivity contribution in [1.29, 1.82) is 0 Å². The molecular formula is C19H24FN. The highest BCUT2D eigenvalue weighted by molar-refractivity contribution is 5.28. The van der Waals surface area contributed by atoms with Crippen LogP contribution in [0.1, 0.15) is 36.5 Å². The van der Waals surface area contributed by atoms with Crippen LogP contribution in [0, 0.1) is 12.7 Å². The Kier molecular flexibility index (Phi) is 5.51. The van der Waals surface area contributed by atoms with Gasteiger partial charge in [-0.25, -0.2) is 4.39 Å². The van der Waals surface area contributed by atoms with Crippen LogP contribution in [0.2, 0.25) is 0 Å². The van der Waals surface area contributed by atoms with Crippen LogP contribution >= 0.6 is 0 Å². The first kappa shape index (κ1) is 15.7. The summed E-state index contributed by atoms with van der Waals surface area (Å²) < 4.78 is 14.1. The fourth-order valence-corrected chi connectivity index (χ4v) is 2.60. The molecule has 0 spiro atoms. The second-order valence-electron chi connectivity index (χ2n) is 5.97. The predicted octanol–water partition coefficient (Wildman–Crippen LogP) is 4.46. The second-order valence-corrected chi connectivity index (χ2v) is 5.97. The van der Waals surface area contributed by atoms with E-state index < -0.39 is 0 Å². The van der Waals surface area contributed by atoms with E-state index in [1.165, 1.54) is 11.1 Å². The lowest BCUT2D eigenvalue weighted by atomic mass is 9.91. The molecule has 112 valence electrons. The molecule has 1 N–H and O–H groups in total. The van der Waals surface area contributed by atoms with Crippen molar-refractivity contribution in [2.45, 2.75) is 39.2 Å². The standard InChI is InChI=1S/C19H24FN/c1-14(2)21-13-17(18-9-4-5-10-19(18)20)12-16-8-6-7-15(3)11-16/h4-11,14,17,21H,12-13H2,1-3H3. The maximum Gasteiger partial charge on any atom is 0.126 e. The molecule has 2 heteroatoms. The highest BCUT2D eigenvalue weighted by atomic mass is 19.1. The summed E-state index contributed by atoms with van der Waals surface area (Å²) in [6, 6.07) is 16.0. The van der Waals surface area contributed by atoms with E-state index in [0.717, 1.165) is 18.5 Å². The van der Waals surface area contributed by atoms with E-state index in [2.05, 4.69) is 50.4 Å². The number of benzene rings is 2. The lowest BCUT2D eigenvalue weighted by Crippen LogP contribution is -2.29. The molecule has 1 nitrogen and oxygen atoms in total. The van der Waals surface area contributed by atoms with Gasteiger partial charge >= 0.3 is 0 Å². The van der Waals surface area contributed by atoms with Gasteiger partial charge in [-0.3, -0.25) is 0 Å². The second kappa shape index (κ2) is 7.37. The van der Waals surface area contributed by atoms with E-state index in [9.17, 15) is 4.39 Å². The van der Waals surface area contributed by atoms with Crippen LogP contribution in [0.3, 0.4) is 0 Å². The predicted molar refractivity (Wildman–Crippen MR) is 87.2 cm³/mol. The molecule has 0 aliphatic heterocycles.